The fraction of sp³-hybridized carbons (Fsp3) is 0.625. The Balaban J connectivity index is 3.82. The van der Waals surface area contributed by atoms with Gasteiger partial charge in [-0.25, -0.2) is 0 Å². The Labute approximate surface area is 122 Å². The summed E-state index contributed by atoms with van der Waals surface area (Å²) >= 11 is 0. The van der Waals surface area contributed by atoms with E-state index in [9.17, 15) is 9.59 Å². The van der Waals surface area contributed by atoms with E-state index in [0.29, 0.717) is 12.1 Å². The SMILES string of the molecule is C=CCCCCC(C=O)CN(C)CCNC(=O)C(=C)C. The molecule has 0 bridgehead atoms. The number of carbonyl (C=O) groups is 2. The number of aldehydes is 1. The molecule has 1 unspecified atom stereocenters. The van der Waals surface area contributed by atoms with E-state index in [4.69, 9.17) is 0 Å². The third-order valence-corrected chi connectivity index (χ3v) is 3.14. The van der Waals surface area contributed by atoms with E-state index in [2.05, 4.69) is 23.4 Å². The smallest absolute Gasteiger partial charge is 0.246 e. The van der Waals surface area contributed by atoms with Gasteiger partial charge in [0.2, 0.25) is 5.91 Å². The van der Waals surface area contributed by atoms with Crippen LogP contribution in [0, 0.1) is 5.92 Å². The van der Waals surface area contributed by atoms with E-state index in [-0.39, 0.29) is 11.8 Å². The topological polar surface area (TPSA) is 49.4 Å². The van der Waals surface area contributed by atoms with Crippen molar-refractivity contribution >= 4 is 12.2 Å². The van der Waals surface area contributed by atoms with Crippen LogP contribution in [0.4, 0.5) is 0 Å². The third kappa shape index (κ3) is 9.50. The molecule has 0 rings (SSSR count). The summed E-state index contributed by atoms with van der Waals surface area (Å²) in [6.07, 6.45) is 7.01. The first-order chi connectivity index (χ1) is 9.51. The van der Waals surface area contributed by atoms with Gasteiger partial charge in [0.1, 0.15) is 6.29 Å². The van der Waals surface area contributed by atoms with Crippen molar-refractivity contribution in [1.29, 1.82) is 0 Å². The Kier molecular flexibility index (Phi) is 10.6. The first kappa shape index (κ1) is 18.6. The number of likely N-dealkylation sites (N-methyl/N-ethyl adjacent to an activating group) is 1. The first-order valence-electron chi connectivity index (χ1n) is 7.19. The molecule has 0 aromatic heterocycles. The Morgan fingerprint density at radius 1 is 1.40 bits per heavy atom. The number of carbonyl (C=O) groups excluding carboxylic acids is 2. The highest BCUT2D eigenvalue weighted by Gasteiger charge is 2.10. The van der Waals surface area contributed by atoms with Gasteiger partial charge in [0, 0.05) is 31.1 Å². The molecule has 4 nitrogen and oxygen atoms in total. The molecule has 0 aromatic carbocycles. The van der Waals surface area contributed by atoms with Crippen LogP contribution in [-0.4, -0.2) is 43.8 Å². The average molecular weight is 280 g/mol. The summed E-state index contributed by atoms with van der Waals surface area (Å²) in [4.78, 5) is 24.4. The maximum absolute atomic E-state index is 11.3. The second kappa shape index (κ2) is 11.4. The Bertz CT molecular complexity index is 326. The highest BCUT2D eigenvalue weighted by Crippen LogP contribution is 2.09. The van der Waals surface area contributed by atoms with E-state index < -0.39 is 0 Å². The number of nitrogens with one attached hydrogen (secondary N) is 1. The molecule has 0 spiro atoms. The highest BCUT2D eigenvalue weighted by molar-refractivity contribution is 5.92. The van der Waals surface area contributed by atoms with Crippen LogP contribution in [0.15, 0.2) is 24.8 Å². The molecule has 0 aromatic rings. The summed E-state index contributed by atoms with van der Waals surface area (Å²) in [7, 11) is 1.97. The van der Waals surface area contributed by atoms with Crippen molar-refractivity contribution < 1.29 is 9.59 Å². The van der Waals surface area contributed by atoms with E-state index in [1.807, 2.05) is 13.1 Å². The van der Waals surface area contributed by atoms with Gasteiger partial charge in [-0.2, -0.15) is 0 Å². The van der Waals surface area contributed by atoms with Crippen molar-refractivity contribution in [2.24, 2.45) is 5.92 Å². The van der Waals surface area contributed by atoms with Crippen LogP contribution >= 0.6 is 0 Å². The molecule has 1 N–H and O–H groups in total. The summed E-state index contributed by atoms with van der Waals surface area (Å²) in [6, 6.07) is 0. The van der Waals surface area contributed by atoms with Crippen LogP contribution in [0.5, 0.6) is 0 Å². The quantitative estimate of drug-likeness (QED) is 0.258. The third-order valence-electron chi connectivity index (χ3n) is 3.14. The molecule has 0 saturated carbocycles. The van der Waals surface area contributed by atoms with E-state index in [0.717, 1.165) is 45.1 Å². The van der Waals surface area contributed by atoms with Crippen LogP contribution in [-0.2, 0) is 9.59 Å². The second-order valence-electron chi connectivity index (χ2n) is 5.27. The number of amides is 1. The average Bonchev–Trinajstić information content (AvgIpc) is 2.41. The van der Waals surface area contributed by atoms with Crippen molar-refractivity contribution in [2.75, 3.05) is 26.7 Å². The maximum Gasteiger partial charge on any atom is 0.246 e. The predicted octanol–water partition coefficient (Wildman–Crippen LogP) is 2.17. The van der Waals surface area contributed by atoms with E-state index in [1.54, 1.807) is 6.92 Å². The molecule has 0 aliphatic carbocycles. The lowest BCUT2D eigenvalue weighted by molar-refractivity contribution is -0.117. The molecule has 0 aliphatic heterocycles. The van der Waals surface area contributed by atoms with Gasteiger partial charge in [0.25, 0.3) is 0 Å². The highest BCUT2D eigenvalue weighted by atomic mass is 16.1. The molecule has 0 heterocycles. The van der Waals surface area contributed by atoms with Gasteiger partial charge in [0.15, 0.2) is 0 Å². The number of hydrogen-bond donors (Lipinski definition) is 1. The summed E-state index contributed by atoms with van der Waals surface area (Å²) < 4.78 is 0. The van der Waals surface area contributed by atoms with Crippen molar-refractivity contribution in [3.05, 3.63) is 24.8 Å². The minimum atomic E-state index is -0.116. The van der Waals surface area contributed by atoms with Crippen LogP contribution in [0.2, 0.25) is 0 Å². The van der Waals surface area contributed by atoms with Gasteiger partial charge in [0.05, 0.1) is 0 Å². The summed E-state index contributed by atoms with van der Waals surface area (Å²) in [6.45, 7) is 11.0. The zero-order chi connectivity index (χ0) is 15.4. The lowest BCUT2D eigenvalue weighted by Crippen LogP contribution is -2.35. The Hall–Kier alpha value is -1.42. The fourth-order valence-corrected chi connectivity index (χ4v) is 1.90. The molecule has 0 radical (unpaired) electrons. The Morgan fingerprint density at radius 3 is 2.65 bits per heavy atom. The van der Waals surface area contributed by atoms with Gasteiger partial charge >= 0.3 is 0 Å². The van der Waals surface area contributed by atoms with Crippen molar-refractivity contribution in [3.8, 4) is 0 Å². The molecule has 1 amide bonds. The normalized spacial score (nSPS) is 11.9. The summed E-state index contributed by atoms with van der Waals surface area (Å²) in [5.41, 5.74) is 0.514. The molecule has 114 valence electrons. The number of unbranched alkanes of at least 4 members (excludes halogenated alkanes) is 2. The van der Waals surface area contributed by atoms with Crippen LogP contribution in [0.1, 0.15) is 32.6 Å². The molecule has 1 atom stereocenters. The molecule has 0 fully saturated rings. The van der Waals surface area contributed by atoms with Gasteiger partial charge < -0.3 is 15.0 Å². The van der Waals surface area contributed by atoms with E-state index in [1.165, 1.54) is 0 Å². The van der Waals surface area contributed by atoms with Crippen LogP contribution in [0.25, 0.3) is 0 Å². The zero-order valence-electron chi connectivity index (χ0n) is 12.9. The fourth-order valence-electron chi connectivity index (χ4n) is 1.90. The summed E-state index contributed by atoms with van der Waals surface area (Å²) in [5, 5.41) is 2.78. The van der Waals surface area contributed by atoms with Crippen molar-refractivity contribution in [3.63, 3.8) is 0 Å². The predicted molar refractivity (Wildman–Crippen MR) is 83.5 cm³/mol. The van der Waals surface area contributed by atoms with Gasteiger partial charge in [-0.1, -0.05) is 19.1 Å². The van der Waals surface area contributed by atoms with Gasteiger partial charge in [-0.3, -0.25) is 4.79 Å². The largest absolute Gasteiger partial charge is 0.351 e. The first-order valence-corrected chi connectivity index (χ1v) is 7.19. The van der Waals surface area contributed by atoms with Gasteiger partial charge in [-0.05, 0) is 33.2 Å². The standard InChI is InChI=1S/C16H28N2O2/c1-5-6-7-8-9-15(13-19)12-18(4)11-10-17-16(20)14(2)3/h5,13,15H,1-2,6-12H2,3-4H3,(H,17,20). The van der Waals surface area contributed by atoms with Gasteiger partial charge in [-0.15, -0.1) is 6.58 Å². The van der Waals surface area contributed by atoms with E-state index >= 15 is 0 Å². The van der Waals surface area contributed by atoms with Crippen LogP contribution in [0.3, 0.4) is 0 Å². The number of nitrogens with zero attached hydrogens (tertiary/aromatic N) is 1. The van der Waals surface area contributed by atoms with Crippen molar-refractivity contribution in [2.45, 2.75) is 32.6 Å². The van der Waals surface area contributed by atoms with Crippen molar-refractivity contribution in [1.82, 2.24) is 10.2 Å². The number of rotatable bonds is 12. The Morgan fingerprint density at radius 2 is 2.10 bits per heavy atom. The minimum Gasteiger partial charge on any atom is -0.351 e. The minimum absolute atomic E-state index is 0.0710. The molecule has 4 heteroatoms. The van der Waals surface area contributed by atoms with Crippen LogP contribution < -0.4 is 5.32 Å². The lowest BCUT2D eigenvalue weighted by atomic mass is 10.0. The second-order valence-corrected chi connectivity index (χ2v) is 5.27. The molecule has 20 heavy (non-hydrogen) atoms. The molecule has 0 aliphatic rings. The maximum atomic E-state index is 11.3. The number of hydrogen-bond acceptors (Lipinski definition) is 3. The molecule has 0 saturated heterocycles. The lowest BCUT2D eigenvalue weighted by Gasteiger charge is -2.20. The summed E-state index contributed by atoms with van der Waals surface area (Å²) in [5.74, 6) is -0.0450. The molecular weight excluding hydrogens is 252 g/mol. The molecular formula is C16H28N2O2. The monoisotopic (exact) mass is 280 g/mol. The zero-order valence-corrected chi connectivity index (χ0v) is 12.9. The number of allylic oxidation sites excluding steroid dienone is 1.